The Labute approximate surface area is 117 Å². The van der Waals surface area contributed by atoms with Gasteiger partial charge >= 0.3 is 5.97 Å². The van der Waals surface area contributed by atoms with Crippen LogP contribution >= 0.6 is 0 Å². The molecule has 7 nitrogen and oxygen atoms in total. The first-order valence-electron chi connectivity index (χ1n) is 5.82. The second kappa shape index (κ2) is 6.25. The van der Waals surface area contributed by atoms with Crippen LogP contribution in [0, 0.1) is 27.7 Å². The van der Waals surface area contributed by atoms with Crippen LogP contribution in [0.3, 0.4) is 0 Å². The molecule has 1 amide bonds. The molecule has 0 aliphatic heterocycles. The topological polar surface area (TPSA) is 110 Å². The van der Waals surface area contributed by atoms with Crippen LogP contribution in [0.2, 0.25) is 0 Å². The largest absolute Gasteiger partial charge is 0.480 e. The van der Waals surface area contributed by atoms with Crippen molar-refractivity contribution >= 4 is 17.6 Å². The normalized spacial score (nSPS) is 12.0. The number of carboxylic acid groups (broad SMARTS) is 1. The summed E-state index contributed by atoms with van der Waals surface area (Å²) in [5.41, 5.74) is -1.69. The maximum atomic E-state index is 13.1. The van der Waals surface area contributed by atoms with Gasteiger partial charge in [0.1, 0.15) is 11.6 Å². The number of nitrogens with one attached hydrogen (secondary N) is 1. The lowest BCUT2D eigenvalue weighted by Gasteiger charge is -2.17. The Bertz CT molecular complexity index is 604. The highest BCUT2D eigenvalue weighted by molar-refractivity contribution is 6.00. The minimum atomic E-state index is -1.48. The maximum absolute atomic E-state index is 13.1. The molecule has 0 aliphatic rings. The summed E-state index contributed by atoms with van der Waals surface area (Å²) >= 11 is 0. The van der Waals surface area contributed by atoms with Gasteiger partial charge in [-0.05, 0) is 12.0 Å². The number of carboxylic acids is 1. The van der Waals surface area contributed by atoms with Crippen LogP contribution in [-0.4, -0.2) is 27.9 Å². The predicted molar refractivity (Wildman–Crippen MR) is 66.7 cm³/mol. The van der Waals surface area contributed by atoms with E-state index in [1.807, 2.05) is 5.32 Å². The summed E-state index contributed by atoms with van der Waals surface area (Å²) in [7, 11) is 0. The summed E-state index contributed by atoms with van der Waals surface area (Å²) in [4.78, 5) is 32.6. The first kappa shape index (κ1) is 16.5. The molecule has 1 aromatic carbocycles. The molecule has 1 unspecified atom stereocenters. The molecule has 0 bridgehead atoms. The number of aliphatic carboxylic acids is 1. The molecule has 0 radical (unpaired) electrons. The third-order valence-electron chi connectivity index (χ3n) is 2.70. The Kier molecular flexibility index (Phi) is 4.90. The minimum absolute atomic E-state index is 0.273. The number of hydrogen-bond acceptors (Lipinski definition) is 4. The fourth-order valence-corrected chi connectivity index (χ4v) is 1.60. The van der Waals surface area contributed by atoms with Gasteiger partial charge in [-0.15, -0.1) is 0 Å². The van der Waals surface area contributed by atoms with Crippen LogP contribution < -0.4 is 5.32 Å². The monoisotopic (exact) mass is 302 g/mol. The van der Waals surface area contributed by atoms with Crippen molar-refractivity contribution in [3.05, 3.63) is 39.4 Å². The zero-order chi connectivity index (χ0) is 16.3. The van der Waals surface area contributed by atoms with Gasteiger partial charge in [0, 0.05) is 0 Å². The third-order valence-corrected chi connectivity index (χ3v) is 2.70. The van der Waals surface area contributed by atoms with Crippen LogP contribution in [0.1, 0.15) is 24.2 Å². The molecule has 0 fully saturated rings. The van der Waals surface area contributed by atoms with Gasteiger partial charge in [0.05, 0.1) is 11.0 Å². The molecule has 9 heteroatoms. The Morgan fingerprint density at radius 1 is 1.29 bits per heavy atom. The Balaban J connectivity index is 3.21. The van der Waals surface area contributed by atoms with Crippen molar-refractivity contribution in [3.8, 4) is 0 Å². The SMILES string of the molecule is CC(C)C(NC(=O)c1cc(F)c(F)cc1[N+](=O)[O-])C(=O)O. The van der Waals surface area contributed by atoms with Crippen LogP contribution in [0.5, 0.6) is 0 Å². The lowest BCUT2D eigenvalue weighted by molar-refractivity contribution is -0.385. The Hall–Kier alpha value is -2.58. The molecule has 0 saturated carbocycles. The fraction of sp³-hybridized carbons (Fsp3) is 0.333. The number of amides is 1. The number of benzene rings is 1. The average molecular weight is 302 g/mol. The summed E-state index contributed by atoms with van der Waals surface area (Å²) in [5.74, 6) is -5.93. The van der Waals surface area contributed by atoms with E-state index >= 15 is 0 Å². The van der Waals surface area contributed by atoms with Crippen molar-refractivity contribution in [2.45, 2.75) is 19.9 Å². The van der Waals surface area contributed by atoms with Gasteiger partial charge in [-0.25, -0.2) is 13.6 Å². The van der Waals surface area contributed by atoms with Crippen molar-refractivity contribution in [1.29, 1.82) is 0 Å². The maximum Gasteiger partial charge on any atom is 0.326 e. The summed E-state index contributed by atoms with van der Waals surface area (Å²) in [6.45, 7) is 3.03. The molecule has 0 saturated heterocycles. The zero-order valence-electron chi connectivity index (χ0n) is 11.1. The molecule has 1 aromatic rings. The number of rotatable bonds is 5. The molecule has 0 heterocycles. The number of carbonyl (C=O) groups is 2. The molecule has 1 atom stereocenters. The van der Waals surface area contributed by atoms with E-state index in [0.717, 1.165) is 0 Å². The molecule has 0 aromatic heterocycles. The van der Waals surface area contributed by atoms with Crippen molar-refractivity contribution in [1.82, 2.24) is 5.32 Å². The van der Waals surface area contributed by atoms with Gasteiger partial charge in [0.2, 0.25) is 0 Å². The highest BCUT2D eigenvalue weighted by atomic mass is 19.2. The average Bonchev–Trinajstić information content (AvgIpc) is 2.37. The summed E-state index contributed by atoms with van der Waals surface area (Å²) < 4.78 is 26.1. The standard InChI is InChI=1S/C12H12F2N2O5/c1-5(2)10(12(18)19)15-11(17)6-3-7(13)8(14)4-9(6)16(20)21/h3-5,10H,1-2H3,(H,15,17)(H,18,19). The van der Waals surface area contributed by atoms with Gasteiger partial charge in [-0.1, -0.05) is 13.8 Å². The second-order valence-electron chi connectivity index (χ2n) is 4.57. The van der Waals surface area contributed by atoms with Crippen molar-refractivity contribution < 1.29 is 28.4 Å². The predicted octanol–water partition coefficient (Wildman–Crippen LogP) is 1.71. The van der Waals surface area contributed by atoms with Gasteiger partial charge in [0.25, 0.3) is 11.6 Å². The fourth-order valence-electron chi connectivity index (χ4n) is 1.60. The van der Waals surface area contributed by atoms with Crippen molar-refractivity contribution in [2.24, 2.45) is 5.92 Å². The number of nitrogens with zero attached hydrogens (tertiary/aromatic N) is 1. The number of hydrogen-bond donors (Lipinski definition) is 2. The van der Waals surface area contributed by atoms with E-state index in [9.17, 15) is 28.5 Å². The lowest BCUT2D eigenvalue weighted by atomic mass is 10.0. The molecular weight excluding hydrogens is 290 g/mol. The minimum Gasteiger partial charge on any atom is -0.480 e. The smallest absolute Gasteiger partial charge is 0.326 e. The summed E-state index contributed by atoms with van der Waals surface area (Å²) in [6, 6.07) is -0.678. The van der Waals surface area contributed by atoms with Gasteiger partial charge in [-0.2, -0.15) is 0 Å². The molecule has 21 heavy (non-hydrogen) atoms. The van der Waals surface area contributed by atoms with E-state index in [0.29, 0.717) is 6.07 Å². The molecule has 114 valence electrons. The van der Waals surface area contributed by atoms with E-state index in [-0.39, 0.29) is 6.07 Å². The highest BCUT2D eigenvalue weighted by Gasteiger charge is 2.29. The van der Waals surface area contributed by atoms with Crippen LogP contribution in [0.4, 0.5) is 14.5 Å². The molecule has 1 rings (SSSR count). The van der Waals surface area contributed by atoms with E-state index in [2.05, 4.69) is 0 Å². The van der Waals surface area contributed by atoms with Gasteiger partial charge < -0.3 is 10.4 Å². The quantitative estimate of drug-likeness (QED) is 0.635. The van der Waals surface area contributed by atoms with Crippen LogP contribution in [-0.2, 0) is 4.79 Å². The van der Waals surface area contributed by atoms with E-state index in [4.69, 9.17) is 5.11 Å². The van der Waals surface area contributed by atoms with Crippen molar-refractivity contribution in [3.63, 3.8) is 0 Å². The van der Waals surface area contributed by atoms with Crippen molar-refractivity contribution in [2.75, 3.05) is 0 Å². The molecular formula is C12H12F2N2O5. The Morgan fingerprint density at radius 3 is 2.24 bits per heavy atom. The van der Waals surface area contributed by atoms with Crippen LogP contribution in [0.25, 0.3) is 0 Å². The number of nitro groups is 1. The second-order valence-corrected chi connectivity index (χ2v) is 4.57. The summed E-state index contributed by atoms with van der Waals surface area (Å²) in [5, 5.41) is 21.7. The van der Waals surface area contributed by atoms with Gasteiger partial charge in [-0.3, -0.25) is 14.9 Å². The number of nitro benzene ring substituents is 1. The lowest BCUT2D eigenvalue weighted by Crippen LogP contribution is -2.44. The number of carbonyl (C=O) groups excluding carboxylic acids is 1. The third kappa shape index (κ3) is 3.71. The molecule has 0 aliphatic carbocycles. The summed E-state index contributed by atoms with van der Waals surface area (Å²) in [6.07, 6.45) is 0. The zero-order valence-corrected chi connectivity index (χ0v) is 11.1. The van der Waals surface area contributed by atoms with Crippen LogP contribution in [0.15, 0.2) is 12.1 Å². The van der Waals surface area contributed by atoms with Gasteiger partial charge in [0.15, 0.2) is 11.6 Å². The molecule has 0 spiro atoms. The Morgan fingerprint density at radius 2 is 1.81 bits per heavy atom. The van der Waals surface area contributed by atoms with E-state index in [1.54, 1.807) is 0 Å². The number of halogens is 2. The highest BCUT2D eigenvalue weighted by Crippen LogP contribution is 2.22. The van der Waals surface area contributed by atoms with E-state index in [1.165, 1.54) is 13.8 Å². The first-order valence-corrected chi connectivity index (χ1v) is 5.82. The van der Waals surface area contributed by atoms with E-state index < -0.39 is 51.6 Å². The first-order chi connectivity index (χ1) is 9.65. The molecule has 2 N–H and O–H groups in total.